The van der Waals surface area contributed by atoms with Gasteiger partial charge in [0.15, 0.2) is 6.10 Å². The van der Waals surface area contributed by atoms with Crippen LogP contribution in [0.5, 0.6) is 0 Å². The van der Waals surface area contributed by atoms with Crippen LogP contribution in [0.3, 0.4) is 0 Å². The van der Waals surface area contributed by atoms with Crippen molar-refractivity contribution in [3.05, 3.63) is 51.4 Å². The quantitative estimate of drug-likeness (QED) is 0.683. The first-order valence-electron chi connectivity index (χ1n) is 9.60. The molecule has 1 atom stereocenters. The summed E-state index contributed by atoms with van der Waals surface area (Å²) in [6, 6.07) is 2.43. The van der Waals surface area contributed by atoms with E-state index < -0.39 is 41.1 Å². The Morgan fingerprint density at radius 1 is 1.17 bits per heavy atom. The maximum Gasteiger partial charge on any atom is 0.341 e. The zero-order valence-electron chi connectivity index (χ0n) is 16.6. The number of halogens is 2. The summed E-state index contributed by atoms with van der Waals surface area (Å²) in [5, 5.41) is 2.98. The molecule has 1 N–H and O–H groups in total. The van der Waals surface area contributed by atoms with Gasteiger partial charge in [-0.2, -0.15) is 0 Å². The second-order valence-electron chi connectivity index (χ2n) is 6.80. The summed E-state index contributed by atoms with van der Waals surface area (Å²) in [7, 11) is 0. The van der Waals surface area contributed by atoms with Crippen molar-refractivity contribution in [3.63, 3.8) is 0 Å². The number of carbonyl (C=O) groups excluding carboxylic acids is 3. The third kappa shape index (κ3) is 4.67. The van der Waals surface area contributed by atoms with Gasteiger partial charge in [0.1, 0.15) is 16.6 Å². The Kier molecular flexibility index (Phi) is 6.81. The van der Waals surface area contributed by atoms with Crippen molar-refractivity contribution in [3.8, 4) is 0 Å². The number of benzene rings is 1. The van der Waals surface area contributed by atoms with Crippen molar-refractivity contribution < 1.29 is 32.6 Å². The van der Waals surface area contributed by atoms with E-state index in [1.54, 1.807) is 6.92 Å². The zero-order chi connectivity index (χ0) is 21.8. The molecule has 1 aliphatic rings. The Hall–Kier alpha value is -2.81. The van der Waals surface area contributed by atoms with E-state index in [4.69, 9.17) is 9.47 Å². The fraction of sp³-hybridized carbons (Fsp3) is 0.381. The molecule has 0 bridgehead atoms. The summed E-state index contributed by atoms with van der Waals surface area (Å²) in [4.78, 5) is 38.2. The third-order valence-electron chi connectivity index (χ3n) is 4.69. The van der Waals surface area contributed by atoms with E-state index in [9.17, 15) is 23.2 Å². The van der Waals surface area contributed by atoms with Crippen LogP contribution in [0, 0.1) is 11.6 Å². The number of nitrogens with one attached hydrogen (secondary N) is 1. The van der Waals surface area contributed by atoms with Gasteiger partial charge in [0.05, 0.1) is 17.7 Å². The normalized spacial score (nSPS) is 13.9. The molecule has 0 radical (unpaired) electrons. The highest BCUT2D eigenvalue weighted by Crippen LogP contribution is 2.38. The summed E-state index contributed by atoms with van der Waals surface area (Å²) < 4.78 is 36.9. The number of carbonyl (C=O) groups is 3. The van der Waals surface area contributed by atoms with Gasteiger partial charge in [-0.05, 0) is 57.2 Å². The van der Waals surface area contributed by atoms with E-state index in [1.165, 1.54) is 18.3 Å². The van der Waals surface area contributed by atoms with E-state index >= 15 is 0 Å². The largest absolute Gasteiger partial charge is 0.462 e. The number of aryl methyl sites for hydroxylation is 1. The lowest BCUT2D eigenvalue weighted by Crippen LogP contribution is -2.30. The lowest BCUT2D eigenvalue weighted by atomic mass is 9.95. The highest BCUT2D eigenvalue weighted by atomic mass is 32.1. The highest BCUT2D eigenvalue weighted by Gasteiger charge is 2.29. The Labute approximate surface area is 176 Å². The summed E-state index contributed by atoms with van der Waals surface area (Å²) in [6.07, 6.45) is 2.22. The highest BCUT2D eigenvalue weighted by molar-refractivity contribution is 7.17. The van der Waals surface area contributed by atoms with Gasteiger partial charge in [-0.3, -0.25) is 4.79 Å². The van der Waals surface area contributed by atoms with Crippen LogP contribution in [0.1, 0.15) is 57.8 Å². The fourth-order valence-electron chi connectivity index (χ4n) is 3.22. The van der Waals surface area contributed by atoms with Crippen molar-refractivity contribution in [1.82, 2.24) is 0 Å². The summed E-state index contributed by atoms with van der Waals surface area (Å²) in [5.41, 5.74) is 0.751. The van der Waals surface area contributed by atoms with Gasteiger partial charge < -0.3 is 14.8 Å². The molecule has 0 saturated heterocycles. The predicted octanol–water partition coefficient (Wildman–Crippen LogP) is 4.27. The van der Waals surface area contributed by atoms with Crippen LogP contribution in [0.2, 0.25) is 0 Å². The number of fused-ring (bicyclic) bond motifs is 1. The van der Waals surface area contributed by atoms with E-state index in [0.717, 1.165) is 48.3 Å². The average Bonchev–Trinajstić information content (AvgIpc) is 3.05. The van der Waals surface area contributed by atoms with Gasteiger partial charge in [-0.1, -0.05) is 0 Å². The van der Waals surface area contributed by atoms with Crippen molar-refractivity contribution in [1.29, 1.82) is 0 Å². The first-order valence-corrected chi connectivity index (χ1v) is 10.4. The monoisotopic (exact) mass is 437 g/mol. The van der Waals surface area contributed by atoms with Gasteiger partial charge in [-0.25, -0.2) is 18.4 Å². The van der Waals surface area contributed by atoms with Gasteiger partial charge in [0.25, 0.3) is 5.91 Å². The van der Waals surface area contributed by atoms with Crippen LogP contribution >= 0.6 is 11.3 Å². The molecule has 1 aliphatic carbocycles. The molecule has 2 aromatic rings. The summed E-state index contributed by atoms with van der Waals surface area (Å²) in [6.45, 7) is 3.23. The van der Waals surface area contributed by atoms with Crippen molar-refractivity contribution in [2.45, 2.75) is 45.6 Å². The Balaban J connectivity index is 1.75. The van der Waals surface area contributed by atoms with Gasteiger partial charge >= 0.3 is 11.9 Å². The van der Waals surface area contributed by atoms with Crippen molar-refractivity contribution >= 4 is 34.2 Å². The molecule has 0 aliphatic heterocycles. The molecule has 0 fully saturated rings. The number of rotatable bonds is 6. The number of esters is 2. The lowest BCUT2D eigenvalue weighted by molar-refractivity contribution is -0.123. The molecule has 1 amide bonds. The smallest absolute Gasteiger partial charge is 0.341 e. The van der Waals surface area contributed by atoms with Gasteiger partial charge in [0.2, 0.25) is 0 Å². The maximum atomic E-state index is 13.8. The fourth-order valence-corrected chi connectivity index (χ4v) is 4.50. The molecule has 6 nitrogen and oxygen atoms in total. The Morgan fingerprint density at radius 2 is 1.90 bits per heavy atom. The second-order valence-corrected chi connectivity index (χ2v) is 7.90. The topological polar surface area (TPSA) is 81.7 Å². The minimum atomic E-state index is -1.27. The predicted molar refractivity (Wildman–Crippen MR) is 107 cm³/mol. The minimum absolute atomic E-state index is 0.202. The zero-order valence-corrected chi connectivity index (χ0v) is 17.4. The molecule has 3 rings (SSSR count). The van der Waals surface area contributed by atoms with E-state index in [2.05, 4.69) is 5.32 Å². The standard InChI is InChI=1S/C21H21F2NO5S/c1-3-28-21(27)17-14-6-4-5-7-16(14)30-19(17)24-18(25)11(2)29-20(26)13-9-8-12(22)10-15(13)23/h8-11H,3-7H2,1-2H3,(H,24,25). The Morgan fingerprint density at radius 3 is 2.60 bits per heavy atom. The Bertz CT molecular complexity index is 988. The molecule has 1 aromatic heterocycles. The van der Waals surface area contributed by atoms with Gasteiger partial charge in [-0.15, -0.1) is 11.3 Å². The molecule has 1 heterocycles. The summed E-state index contributed by atoms with van der Waals surface area (Å²) >= 11 is 1.31. The summed E-state index contributed by atoms with van der Waals surface area (Å²) in [5.74, 6) is -4.18. The first-order chi connectivity index (χ1) is 14.3. The molecule has 1 aromatic carbocycles. The van der Waals surface area contributed by atoms with E-state index in [-0.39, 0.29) is 6.61 Å². The third-order valence-corrected chi connectivity index (χ3v) is 5.90. The SMILES string of the molecule is CCOC(=O)c1c(NC(=O)C(C)OC(=O)c2ccc(F)cc2F)sc2c1CCCC2. The van der Waals surface area contributed by atoms with E-state index in [0.29, 0.717) is 16.6 Å². The lowest BCUT2D eigenvalue weighted by Gasteiger charge is -2.14. The molecular formula is C21H21F2NO5S. The number of thiophene rings is 1. The molecule has 0 spiro atoms. The van der Waals surface area contributed by atoms with Crippen LogP contribution in [-0.4, -0.2) is 30.6 Å². The van der Waals surface area contributed by atoms with Gasteiger partial charge in [0, 0.05) is 10.9 Å². The van der Waals surface area contributed by atoms with Crippen LogP contribution < -0.4 is 5.32 Å². The van der Waals surface area contributed by atoms with Crippen LogP contribution in [-0.2, 0) is 27.1 Å². The number of hydrogen-bond acceptors (Lipinski definition) is 6. The second kappa shape index (κ2) is 9.34. The number of ether oxygens (including phenoxy) is 2. The maximum absolute atomic E-state index is 13.8. The first kappa shape index (κ1) is 21.9. The van der Waals surface area contributed by atoms with Crippen molar-refractivity contribution in [2.24, 2.45) is 0 Å². The van der Waals surface area contributed by atoms with E-state index in [1.807, 2.05) is 0 Å². The molecule has 160 valence electrons. The number of amides is 1. The van der Waals surface area contributed by atoms with Crippen LogP contribution in [0.15, 0.2) is 18.2 Å². The average molecular weight is 437 g/mol. The minimum Gasteiger partial charge on any atom is -0.462 e. The number of hydrogen-bond donors (Lipinski definition) is 1. The molecule has 9 heteroatoms. The number of anilines is 1. The molecular weight excluding hydrogens is 416 g/mol. The van der Waals surface area contributed by atoms with Crippen LogP contribution in [0.4, 0.5) is 13.8 Å². The molecule has 0 saturated carbocycles. The molecule has 1 unspecified atom stereocenters. The van der Waals surface area contributed by atoms with Crippen molar-refractivity contribution in [2.75, 3.05) is 11.9 Å². The molecule has 30 heavy (non-hydrogen) atoms. The van der Waals surface area contributed by atoms with Crippen LogP contribution in [0.25, 0.3) is 0 Å².